The van der Waals surface area contributed by atoms with Gasteiger partial charge in [-0.25, -0.2) is 4.98 Å². The van der Waals surface area contributed by atoms with E-state index in [1.165, 1.54) is 0 Å². The Morgan fingerprint density at radius 1 is 1.21 bits per heavy atom. The Kier molecular flexibility index (Phi) is 4.85. The van der Waals surface area contributed by atoms with Crippen molar-refractivity contribution in [1.82, 2.24) is 15.3 Å². The van der Waals surface area contributed by atoms with E-state index in [0.717, 1.165) is 4.47 Å². The summed E-state index contributed by atoms with van der Waals surface area (Å²) in [4.78, 5) is 19.9. The molecule has 1 aromatic carbocycles. The van der Waals surface area contributed by atoms with Crippen molar-refractivity contribution < 1.29 is 4.79 Å². The van der Waals surface area contributed by atoms with E-state index in [0.29, 0.717) is 24.5 Å². The van der Waals surface area contributed by atoms with E-state index in [-0.39, 0.29) is 5.91 Å². The Balaban J connectivity index is 1.77. The van der Waals surface area contributed by atoms with Crippen molar-refractivity contribution in [2.45, 2.75) is 0 Å². The van der Waals surface area contributed by atoms with Crippen LogP contribution in [0, 0.1) is 0 Å². The molecular formula is C13H13BrN4O. The highest BCUT2D eigenvalue weighted by Gasteiger charge is 2.07. The van der Waals surface area contributed by atoms with Gasteiger partial charge in [0, 0.05) is 30.0 Å². The zero-order valence-corrected chi connectivity index (χ0v) is 11.7. The molecule has 0 fully saturated rings. The summed E-state index contributed by atoms with van der Waals surface area (Å²) in [5, 5.41) is 5.90. The van der Waals surface area contributed by atoms with Crippen LogP contribution >= 0.6 is 15.9 Å². The normalized spacial score (nSPS) is 9.95. The lowest BCUT2D eigenvalue weighted by Gasteiger charge is -2.08. The molecule has 0 aliphatic rings. The lowest BCUT2D eigenvalue weighted by Crippen LogP contribution is -2.29. The molecule has 98 valence electrons. The van der Waals surface area contributed by atoms with Gasteiger partial charge in [-0.2, -0.15) is 0 Å². The predicted molar refractivity (Wildman–Crippen MR) is 77.0 cm³/mol. The number of nitrogens with zero attached hydrogens (tertiary/aromatic N) is 2. The molecule has 0 radical (unpaired) electrons. The average Bonchev–Trinajstić information content (AvgIpc) is 2.45. The summed E-state index contributed by atoms with van der Waals surface area (Å²) in [7, 11) is 0. The van der Waals surface area contributed by atoms with Crippen molar-refractivity contribution in [3.8, 4) is 0 Å². The van der Waals surface area contributed by atoms with E-state index in [9.17, 15) is 4.79 Å². The molecule has 5 nitrogen and oxygen atoms in total. The second-order valence-electron chi connectivity index (χ2n) is 3.75. The first-order chi connectivity index (χ1) is 9.27. The first-order valence-electron chi connectivity index (χ1n) is 5.80. The van der Waals surface area contributed by atoms with Crippen molar-refractivity contribution in [3.63, 3.8) is 0 Å². The van der Waals surface area contributed by atoms with E-state index in [4.69, 9.17) is 0 Å². The fraction of sp³-hybridized carbons (Fsp3) is 0.154. The number of rotatable bonds is 5. The fourth-order valence-corrected chi connectivity index (χ4v) is 1.96. The highest BCUT2D eigenvalue weighted by Crippen LogP contribution is 2.15. The zero-order chi connectivity index (χ0) is 13.5. The Labute approximate surface area is 119 Å². The third kappa shape index (κ3) is 4.03. The predicted octanol–water partition coefficient (Wildman–Crippen LogP) is 2.08. The van der Waals surface area contributed by atoms with Crippen LogP contribution in [-0.4, -0.2) is 29.0 Å². The number of hydrogen-bond donors (Lipinski definition) is 2. The Morgan fingerprint density at radius 2 is 2.05 bits per heavy atom. The molecule has 2 N–H and O–H groups in total. The minimum absolute atomic E-state index is 0.103. The first kappa shape index (κ1) is 13.5. The molecule has 6 heteroatoms. The van der Waals surface area contributed by atoms with Gasteiger partial charge in [0.15, 0.2) is 0 Å². The van der Waals surface area contributed by atoms with Crippen molar-refractivity contribution in [2.75, 3.05) is 18.4 Å². The van der Waals surface area contributed by atoms with Crippen LogP contribution in [0.4, 0.5) is 5.82 Å². The molecule has 0 saturated carbocycles. The van der Waals surface area contributed by atoms with E-state index >= 15 is 0 Å². The number of benzene rings is 1. The van der Waals surface area contributed by atoms with Gasteiger partial charge in [-0.05, 0) is 28.1 Å². The summed E-state index contributed by atoms with van der Waals surface area (Å²) < 4.78 is 0.786. The van der Waals surface area contributed by atoms with Gasteiger partial charge in [-0.1, -0.05) is 12.1 Å². The van der Waals surface area contributed by atoms with Gasteiger partial charge in [0.25, 0.3) is 5.91 Å². The van der Waals surface area contributed by atoms with Crippen LogP contribution in [0.2, 0.25) is 0 Å². The van der Waals surface area contributed by atoms with Crippen molar-refractivity contribution >= 4 is 27.7 Å². The molecule has 2 aromatic rings. The van der Waals surface area contributed by atoms with E-state index in [1.54, 1.807) is 24.7 Å². The summed E-state index contributed by atoms with van der Waals surface area (Å²) in [6, 6.07) is 7.32. The highest BCUT2D eigenvalue weighted by atomic mass is 79.9. The maximum atomic E-state index is 11.9. The van der Waals surface area contributed by atoms with Gasteiger partial charge in [0.2, 0.25) is 0 Å². The summed E-state index contributed by atoms with van der Waals surface area (Å²) in [5.41, 5.74) is 0.627. The zero-order valence-electron chi connectivity index (χ0n) is 10.1. The van der Waals surface area contributed by atoms with Crippen LogP contribution in [-0.2, 0) is 0 Å². The number of anilines is 1. The van der Waals surface area contributed by atoms with Gasteiger partial charge in [-0.3, -0.25) is 9.78 Å². The molecule has 0 saturated heterocycles. The van der Waals surface area contributed by atoms with Crippen LogP contribution in [0.5, 0.6) is 0 Å². The summed E-state index contributed by atoms with van der Waals surface area (Å²) in [5.74, 6) is 0.589. The molecule has 1 amide bonds. The highest BCUT2D eigenvalue weighted by molar-refractivity contribution is 9.10. The molecule has 1 heterocycles. The maximum Gasteiger partial charge on any atom is 0.252 e. The quantitative estimate of drug-likeness (QED) is 0.828. The van der Waals surface area contributed by atoms with Crippen LogP contribution in [0.15, 0.2) is 47.3 Å². The molecular weight excluding hydrogens is 308 g/mol. The summed E-state index contributed by atoms with van der Waals surface area (Å²) >= 11 is 3.35. The molecule has 19 heavy (non-hydrogen) atoms. The van der Waals surface area contributed by atoms with Gasteiger partial charge in [-0.15, -0.1) is 0 Å². The third-order valence-corrected chi connectivity index (χ3v) is 3.09. The number of amides is 1. The van der Waals surface area contributed by atoms with Crippen LogP contribution < -0.4 is 10.6 Å². The van der Waals surface area contributed by atoms with Gasteiger partial charge in [0.1, 0.15) is 5.82 Å². The second kappa shape index (κ2) is 6.84. The van der Waals surface area contributed by atoms with Crippen LogP contribution in [0.25, 0.3) is 0 Å². The van der Waals surface area contributed by atoms with E-state index in [1.807, 2.05) is 18.2 Å². The molecule has 2 rings (SSSR count). The molecule has 0 unspecified atom stereocenters. The van der Waals surface area contributed by atoms with E-state index < -0.39 is 0 Å². The van der Waals surface area contributed by atoms with Crippen molar-refractivity contribution in [3.05, 3.63) is 52.9 Å². The first-order valence-corrected chi connectivity index (χ1v) is 6.59. The smallest absolute Gasteiger partial charge is 0.252 e. The van der Waals surface area contributed by atoms with Gasteiger partial charge < -0.3 is 10.6 Å². The summed E-state index contributed by atoms with van der Waals surface area (Å²) in [6.07, 6.45) is 4.86. The topological polar surface area (TPSA) is 66.9 Å². The number of halogens is 1. The number of carbonyl (C=O) groups excluding carboxylic acids is 1. The molecule has 0 aliphatic heterocycles. The standard InChI is InChI=1S/C13H13BrN4O/c14-11-4-2-1-3-10(11)13(19)18-8-7-17-12-9-15-5-6-16-12/h1-6,9H,7-8H2,(H,16,17)(H,18,19). The summed E-state index contributed by atoms with van der Waals surface area (Å²) in [6.45, 7) is 1.10. The van der Waals surface area contributed by atoms with E-state index in [2.05, 4.69) is 36.5 Å². The Bertz CT molecular complexity index is 547. The SMILES string of the molecule is O=C(NCCNc1cnccn1)c1ccccc1Br. The number of aromatic nitrogens is 2. The Morgan fingerprint density at radius 3 is 2.79 bits per heavy atom. The lowest BCUT2D eigenvalue weighted by molar-refractivity contribution is 0.0954. The number of hydrogen-bond acceptors (Lipinski definition) is 4. The largest absolute Gasteiger partial charge is 0.367 e. The molecule has 0 atom stereocenters. The lowest BCUT2D eigenvalue weighted by atomic mass is 10.2. The molecule has 0 aliphatic carbocycles. The van der Waals surface area contributed by atoms with Crippen molar-refractivity contribution in [1.29, 1.82) is 0 Å². The molecule has 0 bridgehead atoms. The molecule has 0 spiro atoms. The Hall–Kier alpha value is -1.95. The van der Waals surface area contributed by atoms with Crippen LogP contribution in [0.3, 0.4) is 0 Å². The minimum atomic E-state index is -0.103. The average molecular weight is 321 g/mol. The van der Waals surface area contributed by atoms with Gasteiger partial charge >= 0.3 is 0 Å². The number of nitrogens with one attached hydrogen (secondary N) is 2. The number of carbonyl (C=O) groups is 1. The third-order valence-electron chi connectivity index (χ3n) is 2.40. The monoisotopic (exact) mass is 320 g/mol. The molecule has 1 aromatic heterocycles. The second-order valence-corrected chi connectivity index (χ2v) is 4.61. The maximum absolute atomic E-state index is 11.9. The van der Waals surface area contributed by atoms with Gasteiger partial charge in [0.05, 0.1) is 11.8 Å². The van der Waals surface area contributed by atoms with Crippen LogP contribution in [0.1, 0.15) is 10.4 Å². The minimum Gasteiger partial charge on any atom is -0.367 e. The fourth-order valence-electron chi connectivity index (χ4n) is 1.50. The van der Waals surface area contributed by atoms with Crippen molar-refractivity contribution in [2.24, 2.45) is 0 Å².